The number of rotatable bonds is 5. The molecule has 0 bridgehead atoms. The van der Waals surface area contributed by atoms with Gasteiger partial charge in [0.1, 0.15) is 0 Å². The van der Waals surface area contributed by atoms with Crippen molar-refractivity contribution in [2.24, 2.45) is 0 Å². The molecule has 5 nitrogen and oxygen atoms in total. The third-order valence-electron chi connectivity index (χ3n) is 3.85. The molecule has 0 aromatic heterocycles. The van der Waals surface area contributed by atoms with Crippen molar-refractivity contribution in [3.8, 4) is 11.5 Å². The number of piperidine rings is 1. The average molecular weight is 292 g/mol. The van der Waals surface area contributed by atoms with E-state index in [1.807, 2.05) is 25.2 Å². The predicted molar refractivity (Wildman–Crippen MR) is 81.7 cm³/mol. The Morgan fingerprint density at radius 3 is 2.67 bits per heavy atom. The van der Waals surface area contributed by atoms with E-state index in [1.54, 1.807) is 19.1 Å². The van der Waals surface area contributed by atoms with Gasteiger partial charge in [0.25, 0.3) is 0 Å². The first kappa shape index (κ1) is 15.6. The van der Waals surface area contributed by atoms with Crippen molar-refractivity contribution < 1.29 is 14.3 Å². The van der Waals surface area contributed by atoms with Gasteiger partial charge in [-0.3, -0.25) is 4.79 Å². The molecule has 0 unspecified atom stereocenters. The van der Waals surface area contributed by atoms with E-state index in [-0.39, 0.29) is 11.9 Å². The molecule has 1 N–H and O–H groups in total. The van der Waals surface area contributed by atoms with Crippen LogP contribution in [0.2, 0.25) is 0 Å². The molecule has 0 spiro atoms. The molecule has 5 heteroatoms. The predicted octanol–water partition coefficient (Wildman–Crippen LogP) is 1.80. The molecule has 2 rings (SSSR count). The van der Waals surface area contributed by atoms with Gasteiger partial charge < -0.3 is 19.7 Å². The molecule has 116 valence electrons. The summed E-state index contributed by atoms with van der Waals surface area (Å²) in [4.78, 5) is 14.2. The Balaban J connectivity index is 2.01. The second-order valence-electron chi connectivity index (χ2n) is 5.39. The van der Waals surface area contributed by atoms with E-state index in [2.05, 4.69) is 5.32 Å². The number of methoxy groups -OCH3 is 2. The number of amides is 1. The molecule has 1 aromatic rings. The summed E-state index contributed by atoms with van der Waals surface area (Å²) in [5.74, 6) is 1.54. The lowest BCUT2D eigenvalue weighted by atomic mass is 10.0. The number of ether oxygens (including phenoxy) is 2. The van der Waals surface area contributed by atoms with Crippen LogP contribution in [0.25, 0.3) is 0 Å². The third kappa shape index (κ3) is 3.88. The van der Waals surface area contributed by atoms with E-state index >= 15 is 0 Å². The standard InChI is InChI=1S/C16H24N2O3/c1-18(16(19)13-6-4-5-9-17-13)11-12-7-8-14(20-2)15(10-12)21-3/h7-8,10,13,17H,4-6,9,11H2,1-3H3/t13-/m0/s1. The topological polar surface area (TPSA) is 50.8 Å². The fraction of sp³-hybridized carbons (Fsp3) is 0.562. The minimum absolute atomic E-state index is 0.0381. The zero-order valence-electron chi connectivity index (χ0n) is 13.0. The van der Waals surface area contributed by atoms with Gasteiger partial charge in [0, 0.05) is 13.6 Å². The molecule has 1 aliphatic rings. The van der Waals surface area contributed by atoms with Crippen molar-refractivity contribution in [1.29, 1.82) is 0 Å². The summed E-state index contributed by atoms with van der Waals surface area (Å²) in [5.41, 5.74) is 1.03. The number of likely N-dealkylation sites (N-methyl/N-ethyl adjacent to an activating group) is 1. The quantitative estimate of drug-likeness (QED) is 0.899. The molecule has 0 radical (unpaired) electrons. The Hall–Kier alpha value is -1.75. The molecule has 1 aromatic carbocycles. The molecule has 1 fully saturated rings. The zero-order valence-corrected chi connectivity index (χ0v) is 13.0. The van der Waals surface area contributed by atoms with Gasteiger partial charge in [0.2, 0.25) is 5.91 Å². The van der Waals surface area contributed by atoms with Gasteiger partial charge in [0.15, 0.2) is 11.5 Å². The van der Waals surface area contributed by atoms with E-state index in [9.17, 15) is 4.79 Å². The van der Waals surface area contributed by atoms with Crippen molar-refractivity contribution in [2.75, 3.05) is 27.8 Å². The van der Waals surface area contributed by atoms with Crippen molar-refractivity contribution in [2.45, 2.75) is 31.8 Å². The van der Waals surface area contributed by atoms with Crippen LogP contribution in [0.4, 0.5) is 0 Å². The Morgan fingerprint density at radius 1 is 1.29 bits per heavy atom. The Bertz CT molecular complexity index is 484. The van der Waals surface area contributed by atoms with Gasteiger partial charge in [0.05, 0.1) is 20.3 Å². The van der Waals surface area contributed by atoms with Gasteiger partial charge in [-0.15, -0.1) is 0 Å². The van der Waals surface area contributed by atoms with Gasteiger partial charge in [-0.2, -0.15) is 0 Å². The van der Waals surface area contributed by atoms with E-state index in [1.165, 1.54) is 0 Å². The zero-order chi connectivity index (χ0) is 15.2. The Kier molecular flexibility index (Phi) is 5.44. The molecule has 0 saturated carbocycles. The van der Waals surface area contributed by atoms with Gasteiger partial charge in [-0.1, -0.05) is 12.5 Å². The van der Waals surface area contributed by atoms with Crippen LogP contribution in [0.15, 0.2) is 18.2 Å². The Morgan fingerprint density at radius 2 is 2.05 bits per heavy atom. The highest BCUT2D eigenvalue weighted by Gasteiger charge is 2.23. The van der Waals surface area contributed by atoms with Crippen LogP contribution in [-0.2, 0) is 11.3 Å². The third-order valence-corrected chi connectivity index (χ3v) is 3.85. The highest BCUT2D eigenvalue weighted by atomic mass is 16.5. The lowest BCUT2D eigenvalue weighted by Gasteiger charge is -2.27. The van der Waals surface area contributed by atoms with E-state index < -0.39 is 0 Å². The molecule has 1 aliphatic heterocycles. The monoisotopic (exact) mass is 292 g/mol. The number of nitrogens with one attached hydrogen (secondary N) is 1. The highest BCUT2D eigenvalue weighted by Crippen LogP contribution is 2.28. The van der Waals surface area contributed by atoms with Crippen LogP contribution in [0, 0.1) is 0 Å². The minimum atomic E-state index is -0.0381. The van der Waals surface area contributed by atoms with Gasteiger partial charge in [-0.25, -0.2) is 0 Å². The molecule has 1 amide bonds. The summed E-state index contributed by atoms with van der Waals surface area (Å²) in [6, 6.07) is 5.70. The summed E-state index contributed by atoms with van der Waals surface area (Å²) in [7, 11) is 5.07. The first-order chi connectivity index (χ1) is 10.2. The van der Waals surface area contributed by atoms with Crippen molar-refractivity contribution in [3.63, 3.8) is 0 Å². The second kappa shape index (κ2) is 7.31. The van der Waals surface area contributed by atoms with Crippen LogP contribution < -0.4 is 14.8 Å². The fourth-order valence-corrected chi connectivity index (χ4v) is 2.66. The number of benzene rings is 1. The van der Waals surface area contributed by atoms with E-state index in [0.717, 1.165) is 31.4 Å². The molecule has 1 saturated heterocycles. The second-order valence-corrected chi connectivity index (χ2v) is 5.39. The van der Waals surface area contributed by atoms with Crippen LogP contribution in [0.1, 0.15) is 24.8 Å². The molecule has 1 heterocycles. The average Bonchev–Trinajstić information content (AvgIpc) is 2.54. The van der Waals surface area contributed by atoms with Crippen LogP contribution in [0.3, 0.4) is 0 Å². The Labute approximate surface area is 126 Å². The summed E-state index contributed by atoms with van der Waals surface area (Å²) in [6.07, 6.45) is 3.20. The molecule has 1 atom stereocenters. The smallest absolute Gasteiger partial charge is 0.239 e. The van der Waals surface area contributed by atoms with Crippen molar-refractivity contribution in [1.82, 2.24) is 10.2 Å². The fourth-order valence-electron chi connectivity index (χ4n) is 2.66. The van der Waals surface area contributed by atoms with Gasteiger partial charge >= 0.3 is 0 Å². The first-order valence-electron chi connectivity index (χ1n) is 7.35. The van der Waals surface area contributed by atoms with Gasteiger partial charge in [-0.05, 0) is 37.1 Å². The van der Waals surface area contributed by atoms with Crippen molar-refractivity contribution >= 4 is 5.91 Å². The lowest BCUT2D eigenvalue weighted by molar-refractivity contribution is -0.133. The number of hydrogen-bond acceptors (Lipinski definition) is 4. The number of hydrogen-bond donors (Lipinski definition) is 1. The first-order valence-corrected chi connectivity index (χ1v) is 7.35. The molecular formula is C16H24N2O3. The maximum atomic E-state index is 12.4. The lowest BCUT2D eigenvalue weighted by Crippen LogP contribution is -2.46. The minimum Gasteiger partial charge on any atom is -0.493 e. The van der Waals surface area contributed by atoms with Crippen molar-refractivity contribution in [3.05, 3.63) is 23.8 Å². The molecular weight excluding hydrogens is 268 g/mol. The van der Waals surface area contributed by atoms with Crippen LogP contribution >= 0.6 is 0 Å². The van der Waals surface area contributed by atoms with Crippen LogP contribution in [-0.4, -0.2) is 44.7 Å². The highest BCUT2D eigenvalue weighted by molar-refractivity contribution is 5.81. The maximum Gasteiger partial charge on any atom is 0.239 e. The number of carbonyl (C=O) groups is 1. The summed E-state index contributed by atoms with van der Waals surface area (Å²) in [6.45, 7) is 1.50. The summed E-state index contributed by atoms with van der Waals surface area (Å²) < 4.78 is 10.5. The van der Waals surface area contributed by atoms with Crippen LogP contribution in [0.5, 0.6) is 11.5 Å². The maximum absolute atomic E-state index is 12.4. The number of nitrogens with zero attached hydrogens (tertiary/aromatic N) is 1. The summed E-state index contributed by atoms with van der Waals surface area (Å²) in [5, 5.41) is 3.29. The normalized spacial score (nSPS) is 18.1. The van der Waals surface area contributed by atoms with E-state index in [4.69, 9.17) is 9.47 Å². The molecule has 0 aliphatic carbocycles. The summed E-state index contributed by atoms with van der Waals surface area (Å²) >= 11 is 0. The molecule has 21 heavy (non-hydrogen) atoms. The van der Waals surface area contributed by atoms with E-state index in [0.29, 0.717) is 18.0 Å². The largest absolute Gasteiger partial charge is 0.493 e. The number of carbonyl (C=O) groups excluding carboxylic acids is 1. The SMILES string of the molecule is COc1ccc(CN(C)C(=O)[C@@H]2CCCCN2)cc1OC.